The first-order valence-corrected chi connectivity index (χ1v) is 3.17. The third kappa shape index (κ3) is 1.62. The summed E-state index contributed by atoms with van der Waals surface area (Å²) >= 11 is 0. The normalized spacial score (nSPS) is 11.5. The molecule has 1 aromatic heterocycles. The van der Waals surface area contributed by atoms with E-state index in [0.29, 0.717) is 0 Å². The summed E-state index contributed by atoms with van der Waals surface area (Å²) < 4.78 is 5.08. The highest BCUT2D eigenvalue weighted by molar-refractivity contribution is 5.49. The zero-order valence-corrected chi connectivity index (χ0v) is 6.00. The Balaban J connectivity index is 2.80. The summed E-state index contributed by atoms with van der Waals surface area (Å²) in [5, 5.41) is 0. The van der Waals surface area contributed by atoms with Crippen LogP contribution in [0.2, 0.25) is 0 Å². The highest BCUT2D eigenvalue weighted by Gasteiger charge is 1.87. The number of rotatable bonds is 2. The van der Waals surface area contributed by atoms with E-state index in [4.69, 9.17) is 4.42 Å². The van der Waals surface area contributed by atoms with Crippen molar-refractivity contribution in [1.29, 1.82) is 0 Å². The SMILES string of the molecule is C=C/C(C)=C/c1ccco1. The third-order valence-corrected chi connectivity index (χ3v) is 1.24. The molecule has 0 aliphatic rings. The molecule has 0 aliphatic heterocycles. The lowest BCUT2D eigenvalue weighted by molar-refractivity contribution is 0.556. The van der Waals surface area contributed by atoms with Crippen LogP contribution in [-0.4, -0.2) is 0 Å². The van der Waals surface area contributed by atoms with Crippen molar-refractivity contribution in [1.82, 2.24) is 0 Å². The lowest BCUT2D eigenvalue weighted by Crippen LogP contribution is -1.65. The van der Waals surface area contributed by atoms with Crippen molar-refractivity contribution >= 4 is 6.08 Å². The van der Waals surface area contributed by atoms with E-state index >= 15 is 0 Å². The van der Waals surface area contributed by atoms with Gasteiger partial charge in [-0.2, -0.15) is 0 Å². The van der Waals surface area contributed by atoms with Crippen LogP contribution in [0.25, 0.3) is 6.08 Å². The highest BCUT2D eigenvalue weighted by Crippen LogP contribution is 2.06. The van der Waals surface area contributed by atoms with Gasteiger partial charge in [-0.15, -0.1) is 0 Å². The molecule has 52 valence electrons. The lowest BCUT2D eigenvalue weighted by Gasteiger charge is -1.86. The molecule has 0 unspecified atom stereocenters. The maximum absolute atomic E-state index is 5.08. The Morgan fingerprint density at radius 2 is 2.50 bits per heavy atom. The van der Waals surface area contributed by atoms with Crippen molar-refractivity contribution in [3.05, 3.63) is 42.4 Å². The van der Waals surface area contributed by atoms with Gasteiger partial charge >= 0.3 is 0 Å². The van der Waals surface area contributed by atoms with E-state index in [0.717, 1.165) is 11.3 Å². The van der Waals surface area contributed by atoms with Crippen molar-refractivity contribution in [2.45, 2.75) is 6.92 Å². The molecule has 1 aromatic rings. The topological polar surface area (TPSA) is 13.1 Å². The second-order valence-electron chi connectivity index (χ2n) is 2.11. The molecule has 0 spiro atoms. The molecular weight excluding hydrogens is 124 g/mol. The zero-order valence-electron chi connectivity index (χ0n) is 6.00. The van der Waals surface area contributed by atoms with Gasteiger partial charge in [0.2, 0.25) is 0 Å². The smallest absolute Gasteiger partial charge is 0.126 e. The summed E-state index contributed by atoms with van der Waals surface area (Å²) in [6, 6.07) is 3.77. The second kappa shape index (κ2) is 3.06. The minimum Gasteiger partial charge on any atom is -0.465 e. The molecule has 0 bridgehead atoms. The lowest BCUT2D eigenvalue weighted by atomic mass is 10.2. The zero-order chi connectivity index (χ0) is 7.40. The van der Waals surface area contributed by atoms with Crippen LogP contribution in [0, 0.1) is 0 Å². The maximum atomic E-state index is 5.08. The van der Waals surface area contributed by atoms with Gasteiger partial charge in [0.15, 0.2) is 0 Å². The molecule has 0 radical (unpaired) electrons. The maximum Gasteiger partial charge on any atom is 0.126 e. The predicted molar refractivity (Wildman–Crippen MR) is 42.6 cm³/mol. The van der Waals surface area contributed by atoms with Crippen molar-refractivity contribution < 1.29 is 4.42 Å². The van der Waals surface area contributed by atoms with Gasteiger partial charge in [0.25, 0.3) is 0 Å². The first-order chi connectivity index (χ1) is 4.83. The molecule has 0 aliphatic carbocycles. The average Bonchev–Trinajstić information content (AvgIpc) is 2.40. The quantitative estimate of drug-likeness (QED) is 0.567. The molecule has 0 amide bonds. The van der Waals surface area contributed by atoms with E-state index in [2.05, 4.69) is 6.58 Å². The number of allylic oxidation sites excluding steroid dienone is 2. The summed E-state index contributed by atoms with van der Waals surface area (Å²) in [5.41, 5.74) is 1.11. The Morgan fingerprint density at radius 1 is 1.70 bits per heavy atom. The molecule has 1 heterocycles. The largest absolute Gasteiger partial charge is 0.465 e. The second-order valence-corrected chi connectivity index (χ2v) is 2.11. The van der Waals surface area contributed by atoms with Gasteiger partial charge in [0.1, 0.15) is 5.76 Å². The number of hydrogen-bond acceptors (Lipinski definition) is 1. The van der Waals surface area contributed by atoms with Crippen molar-refractivity contribution in [3.63, 3.8) is 0 Å². The fourth-order valence-corrected chi connectivity index (χ4v) is 0.657. The van der Waals surface area contributed by atoms with Crippen molar-refractivity contribution in [2.75, 3.05) is 0 Å². The summed E-state index contributed by atoms with van der Waals surface area (Å²) in [5.74, 6) is 0.873. The average molecular weight is 134 g/mol. The van der Waals surface area contributed by atoms with Crippen molar-refractivity contribution in [2.24, 2.45) is 0 Å². The van der Waals surface area contributed by atoms with Crippen LogP contribution < -0.4 is 0 Å². The van der Waals surface area contributed by atoms with Gasteiger partial charge in [0, 0.05) is 0 Å². The van der Waals surface area contributed by atoms with Crippen LogP contribution >= 0.6 is 0 Å². The van der Waals surface area contributed by atoms with Gasteiger partial charge < -0.3 is 4.42 Å². The first kappa shape index (κ1) is 6.87. The molecule has 1 rings (SSSR count). The van der Waals surface area contributed by atoms with Crippen LogP contribution in [0.15, 0.2) is 41.0 Å². The minimum atomic E-state index is 0.873. The Hall–Kier alpha value is -1.24. The highest BCUT2D eigenvalue weighted by atomic mass is 16.3. The predicted octanol–water partition coefficient (Wildman–Crippen LogP) is 2.87. The Morgan fingerprint density at radius 3 is 3.00 bits per heavy atom. The number of hydrogen-bond donors (Lipinski definition) is 0. The van der Waals surface area contributed by atoms with E-state index in [-0.39, 0.29) is 0 Å². The Bertz CT molecular complexity index is 229. The summed E-state index contributed by atoms with van der Waals surface area (Å²) in [7, 11) is 0. The van der Waals surface area contributed by atoms with E-state index in [1.54, 1.807) is 12.3 Å². The Kier molecular flexibility index (Phi) is 2.11. The van der Waals surface area contributed by atoms with Gasteiger partial charge in [0.05, 0.1) is 6.26 Å². The van der Waals surface area contributed by atoms with Gasteiger partial charge in [-0.05, 0) is 30.7 Å². The molecule has 0 fully saturated rings. The van der Waals surface area contributed by atoms with Gasteiger partial charge in [-0.1, -0.05) is 12.7 Å². The minimum absolute atomic E-state index is 0.873. The van der Waals surface area contributed by atoms with Crippen LogP contribution in [0.1, 0.15) is 12.7 Å². The summed E-state index contributed by atoms with van der Waals surface area (Å²) in [6.45, 7) is 5.61. The van der Waals surface area contributed by atoms with Crippen LogP contribution in [0.5, 0.6) is 0 Å². The molecule has 1 nitrogen and oxygen atoms in total. The molecule has 1 heteroatoms. The fraction of sp³-hybridized carbons (Fsp3) is 0.111. The standard InChI is InChI=1S/C9H10O/c1-3-8(2)7-9-5-4-6-10-9/h3-7H,1H2,2H3/b8-7+. The van der Waals surface area contributed by atoms with Crippen molar-refractivity contribution in [3.8, 4) is 0 Å². The molecule has 0 aromatic carbocycles. The van der Waals surface area contributed by atoms with Gasteiger partial charge in [-0.25, -0.2) is 0 Å². The van der Waals surface area contributed by atoms with E-state index in [1.807, 2.05) is 25.1 Å². The van der Waals surface area contributed by atoms with Gasteiger partial charge in [-0.3, -0.25) is 0 Å². The van der Waals surface area contributed by atoms with Crippen LogP contribution in [-0.2, 0) is 0 Å². The first-order valence-electron chi connectivity index (χ1n) is 3.17. The molecule has 0 saturated heterocycles. The molecule has 0 atom stereocenters. The molecule has 0 N–H and O–H groups in total. The van der Waals surface area contributed by atoms with E-state index in [9.17, 15) is 0 Å². The summed E-state index contributed by atoms with van der Waals surface area (Å²) in [4.78, 5) is 0. The monoisotopic (exact) mass is 134 g/mol. The van der Waals surface area contributed by atoms with Crippen LogP contribution in [0.4, 0.5) is 0 Å². The molecule has 10 heavy (non-hydrogen) atoms. The molecular formula is C9H10O. The third-order valence-electron chi connectivity index (χ3n) is 1.24. The van der Waals surface area contributed by atoms with E-state index in [1.165, 1.54) is 0 Å². The summed E-state index contributed by atoms with van der Waals surface area (Å²) in [6.07, 6.45) is 5.39. The Labute approximate surface area is 60.7 Å². The molecule has 0 saturated carbocycles. The van der Waals surface area contributed by atoms with E-state index < -0.39 is 0 Å². The van der Waals surface area contributed by atoms with Crippen LogP contribution in [0.3, 0.4) is 0 Å². The fourth-order valence-electron chi connectivity index (χ4n) is 0.657. The number of furan rings is 1.